The average molecular weight is 363 g/mol. The minimum absolute atomic E-state index is 0.147. The Morgan fingerprint density at radius 1 is 1.00 bits per heavy atom. The fourth-order valence-corrected chi connectivity index (χ4v) is 3.87. The topological polar surface area (TPSA) is 82.8 Å². The molecular weight excluding hydrogens is 346 g/mol. The summed E-state index contributed by atoms with van der Waals surface area (Å²) in [7, 11) is -3.76. The van der Waals surface area contributed by atoms with Gasteiger partial charge < -0.3 is 0 Å². The first-order valence-electron chi connectivity index (χ1n) is 7.96. The molecular formula is C20H17N3O2S. The number of nitriles is 1. The summed E-state index contributed by atoms with van der Waals surface area (Å²) in [5.41, 5.74) is 4.07. The van der Waals surface area contributed by atoms with Crippen molar-refractivity contribution in [1.82, 2.24) is 4.98 Å². The van der Waals surface area contributed by atoms with Crippen LogP contribution in [0.3, 0.4) is 0 Å². The molecule has 0 atom stereocenters. The van der Waals surface area contributed by atoms with Gasteiger partial charge >= 0.3 is 0 Å². The van der Waals surface area contributed by atoms with Gasteiger partial charge in [-0.3, -0.25) is 9.71 Å². The number of sulfonamides is 1. The van der Waals surface area contributed by atoms with Crippen molar-refractivity contribution in [2.24, 2.45) is 0 Å². The number of pyridine rings is 1. The highest BCUT2D eigenvalue weighted by Gasteiger charge is 2.18. The molecule has 0 amide bonds. The second-order valence-corrected chi connectivity index (χ2v) is 7.56. The zero-order valence-corrected chi connectivity index (χ0v) is 15.2. The Bertz CT molecular complexity index is 1100. The third kappa shape index (κ3) is 3.30. The second kappa shape index (κ2) is 6.98. The van der Waals surface area contributed by atoms with Gasteiger partial charge in [-0.05, 0) is 54.8 Å². The monoisotopic (exact) mass is 363 g/mol. The van der Waals surface area contributed by atoms with Crippen LogP contribution < -0.4 is 4.72 Å². The van der Waals surface area contributed by atoms with Crippen molar-refractivity contribution in [2.45, 2.75) is 18.7 Å². The van der Waals surface area contributed by atoms with Crippen molar-refractivity contribution < 1.29 is 8.42 Å². The first-order valence-corrected chi connectivity index (χ1v) is 9.45. The number of hydrogen-bond acceptors (Lipinski definition) is 4. The minimum atomic E-state index is -3.76. The zero-order chi connectivity index (χ0) is 18.7. The Labute approximate surface area is 153 Å². The molecule has 0 saturated carbocycles. The van der Waals surface area contributed by atoms with Gasteiger partial charge in [0.25, 0.3) is 10.0 Å². The quantitative estimate of drug-likeness (QED) is 0.758. The van der Waals surface area contributed by atoms with E-state index in [4.69, 9.17) is 0 Å². The van der Waals surface area contributed by atoms with Crippen LogP contribution in [0.4, 0.5) is 5.69 Å². The normalized spacial score (nSPS) is 11.0. The minimum Gasteiger partial charge on any atom is -0.278 e. The van der Waals surface area contributed by atoms with Crippen LogP contribution >= 0.6 is 0 Å². The Kier molecular flexibility index (Phi) is 4.74. The van der Waals surface area contributed by atoms with Crippen LogP contribution in [0.5, 0.6) is 0 Å². The number of anilines is 1. The molecule has 2 aromatic carbocycles. The molecule has 0 unspecified atom stereocenters. The molecule has 0 saturated heterocycles. The van der Waals surface area contributed by atoms with Crippen LogP contribution in [0.15, 0.2) is 65.8 Å². The molecule has 0 radical (unpaired) electrons. The van der Waals surface area contributed by atoms with Crippen LogP contribution in [0.25, 0.3) is 11.1 Å². The van der Waals surface area contributed by atoms with Crippen LogP contribution in [0.2, 0.25) is 0 Å². The summed E-state index contributed by atoms with van der Waals surface area (Å²) in [5.74, 6) is 0. The van der Waals surface area contributed by atoms with E-state index in [1.54, 1.807) is 43.6 Å². The lowest BCUT2D eigenvalue weighted by molar-refractivity contribution is 0.601. The number of aromatic nitrogens is 1. The first kappa shape index (κ1) is 17.6. The molecule has 0 aliphatic heterocycles. The van der Waals surface area contributed by atoms with E-state index in [0.29, 0.717) is 11.1 Å². The van der Waals surface area contributed by atoms with Gasteiger partial charge in [0.1, 0.15) is 6.07 Å². The maximum Gasteiger partial charge on any atom is 0.261 e. The molecule has 0 aliphatic carbocycles. The highest BCUT2D eigenvalue weighted by atomic mass is 32.2. The maximum atomic E-state index is 12.6. The smallest absolute Gasteiger partial charge is 0.261 e. The lowest BCUT2D eigenvalue weighted by Crippen LogP contribution is -2.14. The Morgan fingerprint density at radius 3 is 2.38 bits per heavy atom. The van der Waals surface area contributed by atoms with Crippen molar-refractivity contribution in [3.05, 3.63) is 77.6 Å². The zero-order valence-electron chi connectivity index (χ0n) is 14.4. The summed E-state index contributed by atoms with van der Waals surface area (Å²) in [6.45, 7) is 3.77. The van der Waals surface area contributed by atoms with E-state index in [2.05, 4.69) is 15.8 Å². The van der Waals surface area contributed by atoms with Gasteiger partial charge in [0.05, 0.1) is 16.1 Å². The van der Waals surface area contributed by atoms with Crippen LogP contribution in [0, 0.1) is 25.2 Å². The average Bonchev–Trinajstić information content (AvgIpc) is 2.63. The van der Waals surface area contributed by atoms with Crippen LogP contribution in [-0.4, -0.2) is 13.4 Å². The van der Waals surface area contributed by atoms with Crippen LogP contribution in [0.1, 0.15) is 16.7 Å². The van der Waals surface area contributed by atoms with Crippen molar-refractivity contribution in [2.75, 3.05) is 4.72 Å². The molecule has 0 spiro atoms. The Balaban J connectivity index is 2.07. The molecule has 5 nitrogen and oxygen atoms in total. The molecule has 0 bridgehead atoms. The molecule has 6 heteroatoms. The summed E-state index contributed by atoms with van der Waals surface area (Å²) >= 11 is 0. The number of rotatable bonds is 4. The van der Waals surface area contributed by atoms with Gasteiger partial charge in [-0.1, -0.05) is 24.3 Å². The van der Waals surface area contributed by atoms with Gasteiger partial charge in [0, 0.05) is 18.0 Å². The molecule has 3 rings (SSSR count). The molecule has 1 N–H and O–H groups in total. The largest absolute Gasteiger partial charge is 0.278 e. The molecule has 130 valence electrons. The lowest BCUT2D eigenvalue weighted by atomic mass is 9.94. The number of hydrogen-bond donors (Lipinski definition) is 1. The third-order valence-corrected chi connectivity index (χ3v) is 5.59. The van der Waals surface area contributed by atoms with E-state index >= 15 is 0 Å². The van der Waals surface area contributed by atoms with E-state index in [0.717, 1.165) is 16.7 Å². The maximum absolute atomic E-state index is 12.6. The predicted molar refractivity (Wildman–Crippen MR) is 101 cm³/mol. The number of nitrogens with one attached hydrogen (secondary N) is 1. The van der Waals surface area contributed by atoms with Crippen molar-refractivity contribution in [3.63, 3.8) is 0 Å². The van der Waals surface area contributed by atoms with Gasteiger partial charge in [0.2, 0.25) is 0 Å². The molecule has 1 heterocycles. The third-order valence-electron chi connectivity index (χ3n) is 4.20. The lowest BCUT2D eigenvalue weighted by Gasteiger charge is -2.15. The molecule has 1 aromatic heterocycles. The van der Waals surface area contributed by atoms with Gasteiger partial charge in [-0.15, -0.1) is 0 Å². The second-order valence-electron chi connectivity index (χ2n) is 5.88. The van der Waals surface area contributed by atoms with Crippen molar-refractivity contribution in [1.29, 1.82) is 5.26 Å². The Morgan fingerprint density at radius 2 is 1.73 bits per heavy atom. The van der Waals surface area contributed by atoms with E-state index < -0.39 is 10.0 Å². The number of nitrogens with zero attached hydrogens (tertiary/aromatic N) is 2. The predicted octanol–water partition coefficient (Wildman–Crippen LogP) is 4.04. The number of benzene rings is 2. The van der Waals surface area contributed by atoms with Gasteiger partial charge in [-0.25, -0.2) is 8.42 Å². The highest BCUT2D eigenvalue weighted by molar-refractivity contribution is 7.92. The molecule has 0 fully saturated rings. The first-order chi connectivity index (χ1) is 12.4. The van der Waals surface area contributed by atoms with E-state index in [1.165, 1.54) is 12.1 Å². The summed E-state index contributed by atoms with van der Waals surface area (Å²) < 4.78 is 27.6. The number of aryl methyl sites for hydroxylation is 1. The van der Waals surface area contributed by atoms with E-state index in [1.807, 2.05) is 19.1 Å². The fourth-order valence-electron chi connectivity index (χ4n) is 2.78. The summed E-state index contributed by atoms with van der Waals surface area (Å²) in [4.78, 5) is 4.29. The standard InChI is InChI=1S/C20H17N3O2S/c1-14-10-11-22-13-19(14)17-8-9-20(18(12-21)15(17)2)23-26(24,25)16-6-4-3-5-7-16/h3-11,13,23H,1-2H3. The summed E-state index contributed by atoms with van der Waals surface area (Å²) in [5, 5.41) is 9.61. The van der Waals surface area contributed by atoms with Gasteiger partial charge in [0.15, 0.2) is 0 Å². The summed E-state index contributed by atoms with van der Waals surface area (Å²) in [6, 6.07) is 15.5. The molecule has 0 aliphatic rings. The van der Waals surface area contributed by atoms with E-state index in [9.17, 15) is 13.7 Å². The Hall–Kier alpha value is -3.17. The SMILES string of the molecule is Cc1ccncc1-c1ccc(NS(=O)(=O)c2ccccc2)c(C#N)c1C. The van der Waals surface area contributed by atoms with Crippen molar-refractivity contribution >= 4 is 15.7 Å². The highest BCUT2D eigenvalue weighted by Crippen LogP contribution is 2.32. The fraction of sp³-hybridized carbons (Fsp3) is 0.100. The summed E-state index contributed by atoms with van der Waals surface area (Å²) in [6.07, 6.45) is 3.45. The van der Waals surface area contributed by atoms with Crippen molar-refractivity contribution in [3.8, 4) is 17.2 Å². The van der Waals surface area contributed by atoms with Gasteiger partial charge in [-0.2, -0.15) is 5.26 Å². The van der Waals surface area contributed by atoms with Crippen LogP contribution in [-0.2, 0) is 10.0 Å². The molecule has 3 aromatic rings. The van der Waals surface area contributed by atoms with E-state index in [-0.39, 0.29) is 10.6 Å². The molecule has 26 heavy (non-hydrogen) atoms.